The number of hydrogen-bond donors (Lipinski definition) is 0. The molecule has 0 bridgehead atoms. The number of carbonyl (C=O) groups excluding carboxylic acids is 3. The normalized spacial score (nSPS) is 10.8. The van der Waals surface area contributed by atoms with Gasteiger partial charge in [-0.3, -0.25) is 0 Å². The van der Waals surface area contributed by atoms with Crippen LogP contribution < -0.4 is 0 Å². The van der Waals surface area contributed by atoms with E-state index >= 15 is 0 Å². The minimum atomic E-state index is -6.53. The van der Waals surface area contributed by atoms with Crippen LogP contribution in [0.25, 0.3) is 0 Å². The van der Waals surface area contributed by atoms with E-state index in [0.29, 0.717) is 13.4 Å². The maximum atomic E-state index is 10.1. The Morgan fingerprint density at radius 2 is 1.00 bits per heavy atom. The van der Waals surface area contributed by atoms with Crippen LogP contribution in [0.5, 0.6) is 0 Å². The molecule has 0 fully saturated rings. The molecule has 0 amide bonds. The predicted molar refractivity (Wildman–Crippen MR) is 18.5 cm³/mol. The van der Waals surface area contributed by atoms with Crippen molar-refractivity contribution in [3.63, 3.8) is 0 Å². The second kappa shape index (κ2) is 1.73. The third-order valence-corrected chi connectivity index (χ3v) is 2.33. The quantitative estimate of drug-likeness (QED) is 0.464. The monoisotopic (exact) mass is 218 g/mol. The molecule has 0 aliphatic carbocycles. The van der Waals surface area contributed by atoms with Gasteiger partial charge in [-0.25, -0.2) is 0 Å². The van der Waals surface area contributed by atoms with Crippen molar-refractivity contribution in [2.75, 3.05) is 0 Å². The molecule has 0 unspecified atom stereocenters. The van der Waals surface area contributed by atoms with Crippen LogP contribution in [-0.4, -0.2) is 13.4 Å². The number of rotatable bonds is 0. The summed E-state index contributed by atoms with van der Waals surface area (Å²) in [6.45, 7) is 0. The predicted octanol–water partition coefficient (Wildman–Crippen LogP) is -1.43. The van der Waals surface area contributed by atoms with Gasteiger partial charge in [0.15, 0.2) is 0 Å². The van der Waals surface area contributed by atoms with E-state index in [1.165, 1.54) is 0 Å². The summed E-state index contributed by atoms with van der Waals surface area (Å²) in [4.78, 5) is 28.2. The van der Waals surface area contributed by atoms with E-state index in [2.05, 4.69) is 0 Å². The average molecular weight is 217 g/mol. The fourth-order valence-electron chi connectivity index (χ4n) is 0.0442. The van der Waals surface area contributed by atoms with Gasteiger partial charge >= 0.3 is 47.1 Å². The van der Waals surface area contributed by atoms with Crippen LogP contribution in [0.1, 0.15) is 0 Å². The van der Waals surface area contributed by atoms with Gasteiger partial charge in [0.1, 0.15) is 0 Å². The van der Waals surface area contributed by atoms with Gasteiger partial charge in [0, 0.05) is 0 Å². The summed E-state index contributed by atoms with van der Waals surface area (Å²) in [6.07, 6.45) is 0. The first-order chi connectivity index (χ1) is 3.96. The molecule has 0 aliphatic rings. The summed E-state index contributed by atoms with van der Waals surface area (Å²) in [5, 5.41) is 0. The van der Waals surface area contributed by atoms with Gasteiger partial charge in [-0.05, 0) is 0 Å². The third kappa shape index (κ3) is 1.43. The fraction of sp³-hybridized carbons (Fsp3) is 0. The SMILES string of the molecule is O=[C]=[Ru](=[O])(=[O])(=[C]=O)=[C]=O. The van der Waals surface area contributed by atoms with Crippen LogP contribution in [0.4, 0.5) is 0 Å². The molecule has 5 nitrogen and oxygen atoms in total. The number of hydrogen-bond acceptors (Lipinski definition) is 5. The molecule has 0 rings (SSSR count). The molecule has 0 aromatic heterocycles. The summed E-state index contributed by atoms with van der Waals surface area (Å²) in [5.74, 6) is 0. The van der Waals surface area contributed by atoms with Gasteiger partial charge in [0.2, 0.25) is 0 Å². The average Bonchev–Trinajstić information content (AvgIpc) is 1.90. The van der Waals surface area contributed by atoms with Crippen molar-refractivity contribution in [1.82, 2.24) is 0 Å². The molecule has 0 radical (unpaired) electrons. The summed E-state index contributed by atoms with van der Waals surface area (Å²) < 4.78 is 21.2. The van der Waals surface area contributed by atoms with Crippen molar-refractivity contribution < 1.29 is 33.7 Å². The Balaban J connectivity index is 8.39. The van der Waals surface area contributed by atoms with E-state index in [0.717, 1.165) is 0 Å². The van der Waals surface area contributed by atoms with Gasteiger partial charge in [-0.1, -0.05) is 0 Å². The van der Waals surface area contributed by atoms with E-state index in [1.54, 1.807) is 0 Å². The van der Waals surface area contributed by atoms with Crippen molar-refractivity contribution in [3.05, 3.63) is 0 Å². The first-order valence-electron chi connectivity index (χ1n) is 1.43. The summed E-state index contributed by atoms with van der Waals surface area (Å²) in [5.41, 5.74) is 0. The van der Waals surface area contributed by atoms with Gasteiger partial charge in [-0.15, -0.1) is 0 Å². The molecule has 6 heteroatoms. The van der Waals surface area contributed by atoms with Crippen LogP contribution in [0.2, 0.25) is 0 Å². The van der Waals surface area contributed by atoms with E-state index in [9.17, 15) is 21.5 Å². The second-order valence-corrected chi connectivity index (χ2v) is 5.76. The summed E-state index contributed by atoms with van der Waals surface area (Å²) in [6, 6.07) is 0. The first-order valence-corrected chi connectivity index (χ1v) is 5.46. The molecule has 0 saturated carbocycles. The Kier molecular flexibility index (Phi) is 1.53. The van der Waals surface area contributed by atoms with Gasteiger partial charge < -0.3 is 0 Å². The van der Waals surface area contributed by atoms with Crippen LogP contribution in [0.3, 0.4) is 0 Å². The topological polar surface area (TPSA) is 85.3 Å². The fourth-order valence-corrected chi connectivity index (χ4v) is 0.261. The molecule has 0 spiro atoms. The summed E-state index contributed by atoms with van der Waals surface area (Å²) in [7, 11) is 0. The van der Waals surface area contributed by atoms with Crippen molar-refractivity contribution in [2.45, 2.75) is 0 Å². The van der Waals surface area contributed by atoms with Crippen molar-refractivity contribution in [2.24, 2.45) is 0 Å². The Morgan fingerprint density at radius 3 is 1.00 bits per heavy atom. The van der Waals surface area contributed by atoms with Crippen molar-refractivity contribution in [3.8, 4) is 0 Å². The van der Waals surface area contributed by atoms with Crippen LogP contribution in [0, 0.1) is 0 Å². The van der Waals surface area contributed by atoms with Crippen LogP contribution >= 0.6 is 0 Å². The first kappa shape index (κ1) is 7.96. The molecule has 0 aromatic rings. The minimum absolute atomic E-state index is 0.324. The molecular formula is C3O5Ru. The van der Waals surface area contributed by atoms with Gasteiger partial charge in [-0.2, -0.15) is 0 Å². The van der Waals surface area contributed by atoms with E-state index in [4.69, 9.17) is 0 Å². The Labute approximate surface area is 47.7 Å². The van der Waals surface area contributed by atoms with E-state index in [-0.39, 0.29) is 0 Å². The Hall–Kier alpha value is -1.04. The summed E-state index contributed by atoms with van der Waals surface area (Å²) >= 11 is -6.53. The molecule has 0 N–H and O–H groups in total. The second-order valence-electron chi connectivity index (χ2n) is 0.974. The molecule has 0 heterocycles. The van der Waals surface area contributed by atoms with Gasteiger partial charge in [0.25, 0.3) is 0 Å². The molecule has 50 valence electrons. The maximum absolute atomic E-state index is 10.1. The van der Waals surface area contributed by atoms with Crippen LogP contribution in [0.15, 0.2) is 0 Å². The third-order valence-electron chi connectivity index (χ3n) is 0.393. The zero-order valence-corrected chi connectivity index (χ0v) is 5.63. The zero-order chi connectivity index (χ0) is 7.57. The molecule has 0 atom stereocenters. The molecule has 0 aliphatic heterocycles. The Bertz CT molecular complexity index is 505. The van der Waals surface area contributed by atoms with Crippen molar-refractivity contribution >= 4 is 13.4 Å². The standard InChI is InChI=1S/3CO.2O.Ru/c3*1-2;;;. The van der Waals surface area contributed by atoms with E-state index < -0.39 is 12.1 Å². The van der Waals surface area contributed by atoms with Crippen LogP contribution in [-0.2, 0) is 33.7 Å². The molecule has 9 heavy (non-hydrogen) atoms. The van der Waals surface area contributed by atoms with E-state index in [1.807, 2.05) is 0 Å². The molecule has 0 saturated heterocycles. The van der Waals surface area contributed by atoms with Crippen molar-refractivity contribution in [1.29, 1.82) is 0 Å². The molecule has 0 aromatic carbocycles. The Morgan fingerprint density at radius 1 is 0.778 bits per heavy atom. The zero-order valence-electron chi connectivity index (χ0n) is 3.89. The molecular weight excluding hydrogens is 217 g/mol. The van der Waals surface area contributed by atoms with Gasteiger partial charge in [0.05, 0.1) is 0 Å².